The molecule has 0 radical (unpaired) electrons. The van der Waals surface area contributed by atoms with Crippen molar-refractivity contribution in [2.75, 3.05) is 11.8 Å². The molecule has 0 unspecified atom stereocenters. The minimum absolute atomic E-state index is 0.109. The van der Waals surface area contributed by atoms with Crippen LogP contribution in [0.2, 0.25) is 0 Å². The summed E-state index contributed by atoms with van der Waals surface area (Å²) in [5.74, 6) is 0. The zero-order valence-electron chi connectivity index (χ0n) is 15.3. The van der Waals surface area contributed by atoms with Crippen molar-refractivity contribution in [3.05, 3.63) is 60.3 Å². The van der Waals surface area contributed by atoms with E-state index in [1.54, 1.807) is 31.3 Å². The molecule has 0 bridgehead atoms. The quantitative estimate of drug-likeness (QED) is 0.328. The molecule has 0 fully saturated rings. The summed E-state index contributed by atoms with van der Waals surface area (Å²) in [6, 6.07) is 6.43. The maximum atomic E-state index is 12.5. The molecule has 0 heterocycles. The number of hydrogen-bond donors (Lipinski definition) is 3. The van der Waals surface area contributed by atoms with Gasteiger partial charge in [-0.2, -0.15) is 0 Å². The Bertz CT molecular complexity index is 788. The van der Waals surface area contributed by atoms with Crippen molar-refractivity contribution >= 4 is 47.0 Å². The zero-order chi connectivity index (χ0) is 20.3. The summed E-state index contributed by atoms with van der Waals surface area (Å²) >= 11 is 2.12. The first kappa shape index (κ1) is 23.3. The summed E-state index contributed by atoms with van der Waals surface area (Å²) in [7, 11) is -1.90. The van der Waals surface area contributed by atoms with Gasteiger partial charge in [0.05, 0.1) is 17.1 Å². The van der Waals surface area contributed by atoms with Gasteiger partial charge in [0.1, 0.15) is 19.0 Å². The summed E-state index contributed by atoms with van der Waals surface area (Å²) < 4.78 is 38.4. The summed E-state index contributed by atoms with van der Waals surface area (Å²) in [6.07, 6.45) is 9.34. The first-order chi connectivity index (χ1) is 12.8. The summed E-state index contributed by atoms with van der Waals surface area (Å²) in [5, 5.41) is 0. The van der Waals surface area contributed by atoms with Crippen LogP contribution >= 0.6 is 24.5 Å². The number of anilines is 1. The molecule has 3 N–H and O–H groups in total. The minimum atomic E-state index is -3.64. The Morgan fingerprint density at radius 1 is 1.07 bits per heavy atom. The molecule has 0 amide bonds. The Labute approximate surface area is 169 Å². The van der Waals surface area contributed by atoms with Crippen molar-refractivity contribution in [3.8, 4) is 0 Å². The second-order valence-corrected chi connectivity index (χ2v) is 8.98. The van der Waals surface area contributed by atoms with E-state index in [2.05, 4.69) is 14.2 Å². The van der Waals surface area contributed by atoms with E-state index >= 15 is 0 Å². The second kappa shape index (κ2) is 11.2. The molecule has 1 aromatic carbocycles. The molecule has 0 aliphatic heterocycles. The fourth-order valence-corrected chi connectivity index (χ4v) is 3.75. The minimum Gasteiger partial charge on any atom is -0.307 e. The lowest BCUT2D eigenvalue weighted by Crippen LogP contribution is -2.22. The maximum Gasteiger partial charge on any atom is 0.261 e. The van der Waals surface area contributed by atoms with E-state index in [4.69, 9.17) is 8.42 Å². The highest BCUT2D eigenvalue weighted by atomic mass is 32.2. The monoisotopic (exact) mass is 429 g/mol. The molecule has 0 aromatic heterocycles. The molecule has 27 heavy (non-hydrogen) atoms. The number of nitrogens with one attached hydrogen (secondary N) is 3. The number of benzene rings is 1. The van der Waals surface area contributed by atoms with Gasteiger partial charge in [-0.1, -0.05) is 32.1 Å². The van der Waals surface area contributed by atoms with E-state index in [0.29, 0.717) is 5.70 Å². The van der Waals surface area contributed by atoms with Crippen molar-refractivity contribution in [2.45, 2.75) is 18.7 Å². The van der Waals surface area contributed by atoms with Crippen LogP contribution in [-0.4, -0.2) is 22.3 Å². The Hall–Kier alpha value is -1.72. The van der Waals surface area contributed by atoms with Crippen LogP contribution in [0.1, 0.15) is 13.8 Å². The van der Waals surface area contributed by atoms with Gasteiger partial charge in [0, 0.05) is 16.8 Å². The molecular weight excluding hydrogens is 406 g/mol. The zero-order valence-corrected chi connectivity index (χ0v) is 17.7. The van der Waals surface area contributed by atoms with Crippen LogP contribution in [0, 0.1) is 5.41 Å². The van der Waals surface area contributed by atoms with Gasteiger partial charge in [-0.3, -0.25) is 4.72 Å². The van der Waals surface area contributed by atoms with E-state index in [-0.39, 0.29) is 10.3 Å². The molecule has 7 nitrogen and oxygen atoms in total. The van der Waals surface area contributed by atoms with Gasteiger partial charge in [0.15, 0.2) is 0 Å². The lowest BCUT2D eigenvalue weighted by atomic mass is 9.93. The average Bonchev–Trinajstić information content (AvgIpc) is 2.81. The predicted octanol–water partition coefficient (Wildman–Crippen LogP) is 3.59. The van der Waals surface area contributed by atoms with Crippen molar-refractivity contribution in [2.24, 2.45) is 5.41 Å². The van der Waals surface area contributed by atoms with Gasteiger partial charge in [0.2, 0.25) is 0 Å². The number of carbonyl (C=O) groups excluding carboxylic acids is 1. The van der Waals surface area contributed by atoms with Crippen LogP contribution in [0.4, 0.5) is 5.69 Å². The number of rotatable bonds is 8. The first-order valence-electron chi connectivity index (χ1n) is 7.75. The molecule has 0 spiro atoms. The fourth-order valence-electron chi connectivity index (χ4n) is 1.92. The molecular formula is C17H23N3O4S3. The van der Waals surface area contributed by atoms with Crippen LogP contribution in [0.15, 0.2) is 65.2 Å². The van der Waals surface area contributed by atoms with Gasteiger partial charge >= 0.3 is 0 Å². The highest BCUT2D eigenvalue weighted by Gasteiger charge is 2.16. The van der Waals surface area contributed by atoms with Crippen LogP contribution in [-0.2, 0) is 18.4 Å². The summed E-state index contributed by atoms with van der Waals surface area (Å²) in [5.41, 5.74) is 1.15. The smallest absolute Gasteiger partial charge is 0.261 e. The predicted molar refractivity (Wildman–Crippen MR) is 113 cm³/mol. The van der Waals surface area contributed by atoms with Crippen LogP contribution in [0.25, 0.3) is 0 Å². The van der Waals surface area contributed by atoms with Crippen molar-refractivity contribution in [3.63, 3.8) is 0 Å². The Balaban J connectivity index is 0.00000176. The van der Waals surface area contributed by atoms with E-state index < -0.39 is 10.0 Å². The summed E-state index contributed by atoms with van der Waals surface area (Å²) in [6.45, 7) is 6.10. The normalized spacial score (nSPS) is 15.1. The highest BCUT2D eigenvalue weighted by molar-refractivity contribution is 8.07. The number of hydrogen-bond acceptors (Lipinski definition) is 8. The fraction of sp³-hybridized carbons (Fsp3) is 0.235. The number of carbonyl (C=O) groups is 1. The van der Waals surface area contributed by atoms with Crippen LogP contribution in [0.5, 0.6) is 0 Å². The third-order valence-corrected chi connectivity index (χ3v) is 5.65. The van der Waals surface area contributed by atoms with Gasteiger partial charge in [0.25, 0.3) is 10.0 Å². The molecule has 0 saturated heterocycles. The second-order valence-electron chi connectivity index (χ2n) is 5.81. The molecule has 1 aliphatic carbocycles. The average molecular weight is 430 g/mol. The Morgan fingerprint density at radius 2 is 1.74 bits per heavy atom. The number of allylic oxidation sites excluding steroid dienone is 5. The molecule has 0 atom stereocenters. The first-order valence-corrected chi connectivity index (χ1v) is 10.7. The maximum absolute atomic E-state index is 12.5. The van der Waals surface area contributed by atoms with Crippen molar-refractivity contribution in [1.82, 2.24) is 9.44 Å². The Morgan fingerprint density at radius 3 is 2.37 bits per heavy atom. The van der Waals surface area contributed by atoms with Crippen LogP contribution < -0.4 is 14.2 Å². The third-order valence-electron chi connectivity index (χ3n) is 3.22. The van der Waals surface area contributed by atoms with E-state index in [0.717, 1.165) is 30.1 Å². The Kier molecular flexibility index (Phi) is 9.67. The SMILES string of the molecule is C=O.CNSOSNc1ccc(S(=O)(=O)NC2=CC=CC(C)(C)C=C2)cc1. The molecule has 148 valence electrons. The van der Waals surface area contributed by atoms with Crippen molar-refractivity contribution < 1.29 is 16.8 Å². The van der Waals surface area contributed by atoms with Gasteiger partial charge in [-0.25, -0.2) is 16.8 Å². The molecule has 1 aliphatic rings. The lowest BCUT2D eigenvalue weighted by Gasteiger charge is -2.13. The molecule has 0 saturated carbocycles. The third kappa shape index (κ3) is 8.22. The van der Waals surface area contributed by atoms with E-state index in [9.17, 15) is 8.42 Å². The number of sulfonamides is 1. The molecule has 10 heteroatoms. The summed E-state index contributed by atoms with van der Waals surface area (Å²) in [4.78, 5) is 8.19. The lowest BCUT2D eigenvalue weighted by molar-refractivity contribution is -0.0979. The molecule has 1 aromatic rings. The van der Waals surface area contributed by atoms with E-state index in [1.807, 2.05) is 38.9 Å². The standard InChI is InChI=1S/C16H21N3O3S3.CH2O/c1-16(2)11-4-5-14(10-12-16)19-25(20,21)15-8-6-13(7-9-15)18-24-22-23-17-3;1-2/h4-12,17-19H,1-3H3;1H2. The highest BCUT2D eigenvalue weighted by Crippen LogP contribution is 2.23. The van der Waals surface area contributed by atoms with Crippen LogP contribution in [0.3, 0.4) is 0 Å². The van der Waals surface area contributed by atoms with Gasteiger partial charge in [-0.05, 0) is 43.5 Å². The van der Waals surface area contributed by atoms with Gasteiger partial charge in [-0.15, -0.1) is 0 Å². The largest absolute Gasteiger partial charge is 0.307 e. The molecule has 2 rings (SSSR count). The van der Waals surface area contributed by atoms with Gasteiger partial charge < -0.3 is 9.52 Å². The topological polar surface area (TPSA) is 96.5 Å². The van der Waals surface area contributed by atoms with E-state index in [1.165, 1.54) is 12.1 Å². The van der Waals surface area contributed by atoms with Crippen molar-refractivity contribution in [1.29, 1.82) is 0 Å².